The van der Waals surface area contributed by atoms with E-state index in [1.54, 1.807) is 0 Å². The van der Waals surface area contributed by atoms with E-state index in [2.05, 4.69) is 34.6 Å². The number of hydrogen-bond donors (Lipinski definition) is 1. The van der Waals surface area contributed by atoms with Crippen molar-refractivity contribution in [1.82, 2.24) is 10.3 Å². The summed E-state index contributed by atoms with van der Waals surface area (Å²) in [5.74, 6) is 0.718. The molecule has 77 valence electrons. The predicted molar refractivity (Wildman–Crippen MR) is 62.1 cm³/mol. The lowest BCUT2D eigenvalue weighted by Gasteiger charge is -2.21. The maximum atomic E-state index is 4.40. The monoisotopic (exact) mass is 199 g/mol. The van der Waals surface area contributed by atoms with Gasteiger partial charge >= 0.3 is 0 Å². The maximum Gasteiger partial charge on any atom is 0.0456 e. The van der Waals surface area contributed by atoms with E-state index in [1.807, 2.05) is 6.20 Å². The van der Waals surface area contributed by atoms with Gasteiger partial charge in [0.05, 0.1) is 0 Å². The highest BCUT2D eigenvalue weighted by atomic mass is 14.9. The second kappa shape index (κ2) is 3.70. The molecule has 2 heterocycles. The fourth-order valence-corrected chi connectivity index (χ4v) is 2.40. The molecular weight excluding hydrogens is 184 g/mol. The molecular formula is C13H15N2. The lowest BCUT2D eigenvalue weighted by atomic mass is 9.90. The van der Waals surface area contributed by atoms with E-state index >= 15 is 0 Å². The molecule has 0 unspecified atom stereocenters. The zero-order valence-electron chi connectivity index (χ0n) is 8.74. The number of fused-ring (bicyclic) bond motifs is 1. The third-order valence-electron chi connectivity index (χ3n) is 3.32. The quantitative estimate of drug-likeness (QED) is 0.732. The number of hydrogen-bond acceptors (Lipinski definition) is 0. The van der Waals surface area contributed by atoms with Crippen LogP contribution in [0.5, 0.6) is 0 Å². The minimum absolute atomic E-state index is 0.718. The van der Waals surface area contributed by atoms with Gasteiger partial charge in [-0.05, 0) is 41.8 Å². The van der Waals surface area contributed by atoms with Crippen molar-refractivity contribution in [3.8, 4) is 0 Å². The number of benzene rings is 1. The van der Waals surface area contributed by atoms with Crippen molar-refractivity contribution in [1.29, 1.82) is 0 Å². The largest absolute Gasteiger partial charge is 0.361 e. The van der Waals surface area contributed by atoms with Crippen molar-refractivity contribution >= 4 is 10.9 Å². The summed E-state index contributed by atoms with van der Waals surface area (Å²) in [6, 6.07) is 8.90. The first kappa shape index (κ1) is 8.98. The van der Waals surface area contributed by atoms with Gasteiger partial charge in [0.2, 0.25) is 0 Å². The summed E-state index contributed by atoms with van der Waals surface area (Å²) < 4.78 is 0. The van der Waals surface area contributed by atoms with Crippen LogP contribution in [-0.4, -0.2) is 18.1 Å². The average molecular weight is 199 g/mol. The fourth-order valence-electron chi connectivity index (χ4n) is 2.40. The van der Waals surface area contributed by atoms with Crippen LogP contribution < -0.4 is 5.32 Å². The SMILES string of the molecule is c1cc2ccc(C3CC[N]CC3)cc2[nH]1. The van der Waals surface area contributed by atoms with Crippen LogP contribution in [0.15, 0.2) is 30.5 Å². The van der Waals surface area contributed by atoms with Crippen LogP contribution in [-0.2, 0) is 0 Å². The zero-order valence-corrected chi connectivity index (χ0v) is 8.74. The van der Waals surface area contributed by atoms with Crippen molar-refractivity contribution in [3.05, 3.63) is 36.0 Å². The molecule has 0 atom stereocenters. The van der Waals surface area contributed by atoms with Crippen molar-refractivity contribution in [3.63, 3.8) is 0 Å². The molecule has 1 aliphatic heterocycles. The Kier molecular flexibility index (Phi) is 2.22. The maximum absolute atomic E-state index is 4.40. The van der Waals surface area contributed by atoms with Crippen molar-refractivity contribution in [2.24, 2.45) is 0 Å². The third kappa shape index (κ3) is 1.65. The van der Waals surface area contributed by atoms with Gasteiger partial charge in [0.15, 0.2) is 0 Å². The van der Waals surface area contributed by atoms with Crippen LogP contribution in [0.25, 0.3) is 10.9 Å². The molecule has 1 aliphatic rings. The molecule has 1 radical (unpaired) electrons. The molecule has 2 aromatic rings. The second-order valence-electron chi connectivity index (χ2n) is 4.27. The predicted octanol–water partition coefficient (Wildman–Crippen LogP) is 2.65. The van der Waals surface area contributed by atoms with Gasteiger partial charge in [-0.1, -0.05) is 12.1 Å². The van der Waals surface area contributed by atoms with Gasteiger partial charge in [0.25, 0.3) is 0 Å². The Morgan fingerprint density at radius 2 is 2.00 bits per heavy atom. The zero-order chi connectivity index (χ0) is 10.1. The Bertz CT molecular complexity index is 452. The summed E-state index contributed by atoms with van der Waals surface area (Å²) >= 11 is 0. The number of nitrogens with one attached hydrogen (secondary N) is 1. The van der Waals surface area contributed by atoms with E-state index in [1.165, 1.54) is 29.3 Å². The molecule has 0 spiro atoms. The number of aromatic amines is 1. The minimum Gasteiger partial charge on any atom is -0.361 e. The van der Waals surface area contributed by atoms with Gasteiger partial charge in [-0.25, -0.2) is 5.32 Å². The molecule has 3 rings (SSSR count). The topological polar surface area (TPSA) is 29.9 Å². The highest BCUT2D eigenvalue weighted by Gasteiger charge is 2.15. The molecule has 1 fully saturated rings. The van der Waals surface area contributed by atoms with E-state index in [0.717, 1.165) is 19.0 Å². The average Bonchev–Trinajstić information content (AvgIpc) is 2.77. The number of nitrogens with zero attached hydrogens (tertiary/aromatic N) is 1. The second-order valence-corrected chi connectivity index (χ2v) is 4.27. The molecule has 0 bridgehead atoms. The van der Waals surface area contributed by atoms with Crippen LogP contribution in [0.2, 0.25) is 0 Å². The highest BCUT2D eigenvalue weighted by Crippen LogP contribution is 2.27. The Balaban J connectivity index is 1.95. The normalized spacial score (nSPS) is 18.4. The Morgan fingerprint density at radius 1 is 1.13 bits per heavy atom. The minimum atomic E-state index is 0.718. The molecule has 1 aromatic carbocycles. The first-order chi connectivity index (χ1) is 7.43. The van der Waals surface area contributed by atoms with E-state index in [0.29, 0.717) is 0 Å². The van der Waals surface area contributed by atoms with Gasteiger partial charge in [-0.3, -0.25) is 0 Å². The number of H-pyrrole nitrogens is 1. The van der Waals surface area contributed by atoms with E-state index < -0.39 is 0 Å². The van der Waals surface area contributed by atoms with Gasteiger partial charge in [-0.2, -0.15) is 0 Å². The van der Waals surface area contributed by atoms with E-state index in [9.17, 15) is 0 Å². The summed E-state index contributed by atoms with van der Waals surface area (Å²) in [6.07, 6.45) is 4.43. The van der Waals surface area contributed by atoms with Crippen molar-refractivity contribution < 1.29 is 0 Å². The molecule has 15 heavy (non-hydrogen) atoms. The lowest BCUT2D eigenvalue weighted by Crippen LogP contribution is -2.20. The number of aromatic nitrogens is 1. The molecule has 0 amide bonds. The molecule has 2 nitrogen and oxygen atoms in total. The third-order valence-corrected chi connectivity index (χ3v) is 3.32. The van der Waals surface area contributed by atoms with Crippen molar-refractivity contribution in [2.45, 2.75) is 18.8 Å². The lowest BCUT2D eigenvalue weighted by molar-refractivity contribution is 0.454. The Labute approximate surface area is 89.7 Å². The summed E-state index contributed by atoms with van der Waals surface area (Å²) in [4.78, 5) is 3.28. The molecule has 2 heteroatoms. The Hall–Kier alpha value is -1.28. The van der Waals surface area contributed by atoms with Crippen LogP contribution in [0.3, 0.4) is 0 Å². The van der Waals surface area contributed by atoms with Crippen LogP contribution in [0, 0.1) is 0 Å². The van der Waals surface area contributed by atoms with E-state index in [-0.39, 0.29) is 0 Å². The number of rotatable bonds is 1. The molecule has 0 saturated carbocycles. The van der Waals surface area contributed by atoms with Gasteiger partial charge < -0.3 is 4.98 Å². The number of piperidine rings is 1. The fraction of sp³-hybridized carbons (Fsp3) is 0.385. The highest BCUT2D eigenvalue weighted by molar-refractivity contribution is 5.80. The molecule has 1 aromatic heterocycles. The van der Waals surface area contributed by atoms with Crippen LogP contribution >= 0.6 is 0 Å². The van der Waals surface area contributed by atoms with Crippen molar-refractivity contribution in [2.75, 3.05) is 13.1 Å². The van der Waals surface area contributed by atoms with Gasteiger partial charge in [0, 0.05) is 24.8 Å². The molecule has 1 saturated heterocycles. The first-order valence-corrected chi connectivity index (χ1v) is 5.64. The summed E-state index contributed by atoms with van der Waals surface area (Å²) in [7, 11) is 0. The first-order valence-electron chi connectivity index (χ1n) is 5.64. The van der Waals surface area contributed by atoms with Gasteiger partial charge in [0.1, 0.15) is 0 Å². The van der Waals surface area contributed by atoms with Crippen LogP contribution in [0.1, 0.15) is 24.3 Å². The molecule has 0 aliphatic carbocycles. The standard InChI is InChI=1S/C13H15N2/c1-2-12(10-3-6-14-7-4-10)9-13-11(1)5-8-15-13/h1-2,5,8-10,15H,3-4,6-7H2. The summed E-state index contributed by atoms with van der Waals surface area (Å²) in [5, 5.41) is 5.70. The van der Waals surface area contributed by atoms with Crippen LogP contribution in [0.4, 0.5) is 0 Å². The molecule has 1 N–H and O–H groups in total. The van der Waals surface area contributed by atoms with E-state index in [4.69, 9.17) is 0 Å². The summed E-state index contributed by atoms with van der Waals surface area (Å²) in [6.45, 7) is 2.07. The van der Waals surface area contributed by atoms with Gasteiger partial charge in [-0.15, -0.1) is 0 Å². The smallest absolute Gasteiger partial charge is 0.0456 e. The summed E-state index contributed by atoms with van der Waals surface area (Å²) in [5.41, 5.74) is 2.73. The Morgan fingerprint density at radius 3 is 2.87 bits per heavy atom.